The number of nitrogens with one attached hydrogen (secondary N) is 1. The Morgan fingerprint density at radius 1 is 1.33 bits per heavy atom. The molecule has 1 saturated heterocycles. The van der Waals surface area contributed by atoms with Gasteiger partial charge in [-0.3, -0.25) is 4.90 Å². The Balaban J connectivity index is 2.26. The lowest BCUT2D eigenvalue weighted by atomic mass is 10.0. The maximum Gasteiger partial charge on any atom is 0.125 e. The van der Waals surface area contributed by atoms with Crippen molar-refractivity contribution in [2.45, 2.75) is 20.4 Å². The molecule has 0 amide bonds. The van der Waals surface area contributed by atoms with Gasteiger partial charge in [0.15, 0.2) is 0 Å². The number of benzene rings is 1. The minimum atomic E-state index is 0.851. The Bertz CT molecular complexity index is 428. The first-order valence-electron chi connectivity index (χ1n) is 6.39. The molecule has 1 N–H and O–H groups in total. The number of hydrogen-bond acceptors (Lipinski definition) is 3. The molecule has 1 aromatic rings. The number of rotatable bonds is 3. The van der Waals surface area contributed by atoms with Crippen LogP contribution in [0.4, 0.5) is 0 Å². The minimum absolute atomic E-state index is 0.851. The van der Waals surface area contributed by atoms with Crippen LogP contribution in [0.5, 0.6) is 5.75 Å². The van der Waals surface area contributed by atoms with E-state index < -0.39 is 0 Å². The fourth-order valence-corrected chi connectivity index (χ4v) is 2.92. The van der Waals surface area contributed by atoms with Crippen LogP contribution in [0.2, 0.25) is 5.02 Å². The summed E-state index contributed by atoms with van der Waals surface area (Å²) in [7, 11) is 1.72. The second-order valence-corrected chi connectivity index (χ2v) is 5.25. The fraction of sp³-hybridized carbons (Fsp3) is 0.571. The highest BCUT2D eigenvalue weighted by atomic mass is 35.5. The Morgan fingerprint density at radius 3 is 2.61 bits per heavy atom. The molecule has 4 heteroatoms. The highest BCUT2D eigenvalue weighted by molar-refractivity contribution is 6.31. The molecular weight excluding hydrogens is 248 g/mol. The number of ether oxygens (including phenoxy) is 1. The lowest BCUT2D eigenvalue weighted by Gasteiger charge is -2.28. The largest absolute Gasteiger partial charge is 0.496 e. The van der Waals surface area contributed by atoms with E-state index in [9.17, 15) is 0 Å². The van der Waals surface area contributed by atoms with E-state index in [1.54, 1.807) is 7.11 Å². The number of halogens is 1. The van der Waals surface area contributed by atoms with Gasteiger partial charge in [-0.15, -0.1) is 0 Å². The van der Waals surface area contributed by atoms with Gasteiger partial charge < -0.3 is 10.1 Å². The van der Waals surface area contributed by atoms with Gasteiger partial charge in [0.25, 0.3) is 0 Å². The molecule has 0 aliphatic carbocycles. The predicted octanol–water partition coefficient (Wildman–Crippen LogP) is 2.37. The van der Waals surface area contributed by atoms with Gasteiger partial charge in [-0.1, -0.05) is 11.6 Å². The number of hydrogen-bond donors (Lipinski definition) is 1. The predicted molar refractivity (Wildman–Crippen MR) is 75.6 cm³/mol. The zero-order valence-electron chi connectivity index (χ0n) is 11.3. The molecule has 0 saturated carbocycles. The van der Waals surface area contributed by atoms with Crippen molar-refractivity contribution in [3.05, 3.63) is 27.8 Å². The molecule has 0 radical (unpaired) electrons. The lowest BCUT2D eigenvalue weighted by molar-refractivity contribution is 0.232. The lowest BCUT2D eigenvalue weighted by Crippen LogP contribution is -2.43. The Morgan fingerprint density at radius 2 is 2.00 bits per heavy atom. The fourth-order valence-electron chi connectivity index (χ4n) is 2.56. The number of methoxy groups -OCH3 is 1. The maximum atomic E-state index is 6.39. The molecule has 100 valence electrons. The van der Waals surface area contributed by atoms with Gasteiger partial charge in [0.1, 0.15) is 5.75 Å². The zero-order chi connectivity index (χ0) is 13.1. The van der Waals surface area contributed by atoms with Gasteiger partial charge in [0.2, 0.25) is 0 Å². The van der Waals surface area contributed by atoms with Gasteiger partial charge >= 0.3 is 0 Å². The van der Waals surface area contributed by atoms with Crippen LogP contribution >= 0.6 is 11.6 Å². The van der Waals surface area contributed by atoms with Crippen molar-refractivity contribution >= 4 is 11.6 Å². The molecule has 0 unspecified atom stereocenters. The smallest absolute Gasteiger partial charge is 0.125 e. The summed E-state index contributed by atoms with van der Waals surface area (Å²) in [6.07, 6.45) is 0. The van der Waals surface area contributed by atoms with Gasteiger partial charge in [-0.05, 0) is 36.6 Å². The van der Waals surface area contributed by atoms with Crippen molar-refractivity contribution < 1.29 is 4.74 Å². The standard InChI is InChI=1S/C14H21ClN2O/c1-10-8-13(15)12(11(2)14(10)18-3)9-17-6-4-16-5-7-17/h8,16H,4-7,9H2,1-3H3. The molecule has 2 rings (SSSR count). The second-order valence-electron chi connectivity index (χ2n) is 4.84. The monoisotopic (exact) mass is 268 g/mol. The summed E-state index contributed by atoms with van der Waals surface area (Å²) in [4.78, 5) is 2.43. The van der Waals surface area contributed by atoms with Crippen molar-refractivity contribution in [3.8, 4) is 5.75 Å². The van der Waals surface area contributed by atoms with Crippen LogP contribution in [0.15, 0.2) is 6.07 Å². The third-order valence-corrected chi connectivity index (χ3v) is 3.92. The molecular formula is C14H21ClN2O. The number of nitrogens with zero attached hydrogens (tertiary/aromatic N) is 1. The summed E-state index contributed by atoms with van der Waals surface area (Å²) >= 11 is 6.39. The summed E-state index contributed by atoms with van der Waals surface area (Å²) in [6.45, 7) is 9.29. The van der Waals surface area contributed by atoms with Crippen molar-refractivity contribution in [1.82, 2.24) is 10.2 Å². The molecule has 1 aliphatic heterocycles. The van der Waals surface area contributed by atoms with Crippen LogP contribution in [0, 0.1) is 13.8 Å². The van der Waals surface area contributed by atoms with Crippen molar-refractivity contribution in [2.75, 3.05) is 33.3 Å². The van der Waals surface area contributed by atoms with E-state index in [1.807, 2.05) is 13.0 Å². The van der Waals surface area contributed by atoms with E-state index in [2.05, 4.69) is 17.1 Å². The van der Waals surface area contributed by atoms with E-state index in [-0.39, 0.29) is 0 Å². The van der Waals surface area contributed by atoms with E-state index in [1.165, 1.54) is 11.1 Å². The van der Waals surface area contributed by atoms with Crippen LogP contribution in [0.1, 0.15) is 16.7 Å². The molecule has 0 atom stereocenters. The normalized spacial score (nSPS) is 16.9. The summed E-state index contributed by atoms with van der Waals surface area (Å²) < 4.78 is 5.47. The van der Waals surface area contributed by atoms with E-state index in [0.717, 1.165) is 49.1 Å². The van der Waals surface area contributed by atoms with Crippen LogP contribution < -0.4 is 10.1 Å². The first-order valence-corrected chi connectivity index (χ1v) is 6.77. The summed E-state index contributed by atoms with van der Waals surface area (Å²) in [6, 6.07) is 2.00. The first kappa shape index (κ1) is 13.7. The SMILES string of the molecule is COc1c(C)cc(Cl)c(CN2CCNCC2)c1C. The first-order chi connectivity index (χ1) is 8.63. The highest BCUT2D eigenvalue weighted by Gasteiger charge is 2.17. The molecule has 1 fully saturated rings. The van der Waals surface area contributed by atoms with E-state index >= 15 is 0 Å². The molecule has 0 spiro atoms. The quantitative estimate of drug-likeness (QED) is 0.911. The Labute approximate surface area is 114 Å². The molecule has 0 bridgehead atoms. The van der Waals surface area contributed by atoms with Crippen molar-refractivity contribution in [3.63, 3.8) is 0 Å². The van der Waals surface area contributed by atoms with Crippen molar-refractivity contribution in [2.24, 2.45) is 0 Å². The van der Waals surface area contributed by atoms with Gasteiger partial charge in [-0.25, -0.2) is 0 Å². The van der Waals surface area contributed by atoms with Crippen LogP contribution in [0.3, 0.4) is 0 Å². The summed E-state index contributed by atoms with van der Waals surface area (Å²) in [5.41, 5.74) is 3.46. The molecule has 18 heavy (non-hydrogen) atoms. The van der Waals surface area contributed by atoms with Gasteiger partial charge in [0.05, 0.1) is 7.11 Å². The Kier molecular flexibility index (Phi) is 4.49. The third-order valence-electron chi connectivity index (χ3n) is 3.58. The summed E-state index contributed by atoms with van der Waals surface area (Å²) in [5, 5.41) is 4.21. The molecule has 0 aromatic heterocycles. The molecule has 1 aromatic carbocycles. The van der Waals surface area contributed by atoms with Crippen LogP contribution in [-0.4, -0.2) is 38.2 Å². The topological polar surface area (TPSA) is 24.5 Å². The van der Waals surface area contributed by atoms with Crippen molar-refractivity contribution in [1.29, 1.82) is 0 Å². The average Bonchev–Trinajstić information content (AvgIpc) is 2.36. The number of aryl methyl sites for hydroxylation is 1. The van der Waals surface area contributed by atoms with Crippen LogP contribution in [0.25, 0.3) is 0 Å². The zero-order valence-corrected chi connectivity index (χ0v) is 12.1. The maximum absolute atomic E-state index is 6.39. The molecule has 3 nitrogen and oxygen atoms in total. The van der Waals surface area contributed by atoms with Gasteiger partial charge in [-0.2, -0.15) is 0 Å². The van der Waals surface area contributed by atoms with E-state index in [4.69, 9.17) is 16.3 Å². The van der Waals surface area contributed by atoms with E-state index in [0.29, 0.717) is 0 Å². The summed E-state index contributed by atoms with van der Waals surface area (Å²) in [5.74, 6) is 0.963. The van der Waals surface area contributed by atoms with Gasteiger partial charge in [0, 0.05) is 37.7 Å². The average molecular weight is 269 g/mol. The number of piperazine rings is 1. The Hall–Kier alpha value is -0.770. The third kappa shape index (κ3) is 2.79. The van der Waals surface area contributed by atoms with Crippen LogP contribution in [-0.2, 0) is 6.54 Å². The molecule has 1 heterocycles. The minimum Gasteiger partial charge on any atom is -0.496 e. The molecule has 1 aliphatic rings. The highest BCUT2D eigenvalue weighted by Crippen LogP contribution is 2.32. The second kappa shape index (κ2) is 5.91.